The average Bonchev–Trinajstić information content (AvgIpc) is 2.44. The molecule has 0 aromatic heterocycles. The fourth-order valence-electron chi connectivity index (χ4n) is 1.69. The zero-order valence-corrected chi connectivity index (χ0v) is 7.98. The summed E-state index contributed by atoms with van der Waals surface area (Å²) in [5.41, 5.74) is 0. The van der Waals surface area contributed by atoms with E-state index in [0.717, 1.165) is 12.8 Å². The maximum Gasteiger partial charge on any atom is 0.0989 e. The molecular formula is C9H19NO3. The Labute approximate surface area is 78.6 Å². The Morgan fingerprint density at radius 1 is 1.46 bits per heavy atom. The van der Waals surface area contributed by atoms with Crippen LogP contribution in [-0.4, -0.2) is 46.2 Å². The number of aliphatic hydroxyl groups is 3. The molecule has 4 heteroatoms. The maximum absolute atomic E-state index is 9.63. The number of aliphatic hydroxyl groups excluding tert-OH is 3. The van der Waals surface area contributed by atoms with Crippen molar-refractivity contribution in [1.29, 1.82) is 0 Å². The first-order chi connectivity index (χ1) is 6.16. The molecule has 0 saturated carbocycles. The highest BCUT2D eigenvalue weighted by atomic mass is 16.3. The van der Waals surface area contributed by atoms with Crippen molar-refractivity contribution in [3.8, 4) is 0 Å². The highest BCUT2D eigenvalue weighted by Crippen LogP contribution is 2.15. The SMILES string of the molecule is CCCC[C@H](O)[C@H]1NC[C@@H](O)[C@@H]1O. The molecule has 4 nitrogen and oxygen atoms in total. The number of rotatable bonds is 4. The highest BCUT2D eigenvalue weighted by molar-refractivity contribution is 4.94. The minimum atomic E-state index is -0.827. The molecule has 78 valence electrons. The predicted molar refractivity (Wildman–Crippen MR) is 49.3 cm³/mol. The lowest BCUT2D eigenvalue weighted by molar-refractivity contribution is 0.00422. The van der Waals surface area contributed by atoms with Gasteiger partial charge in [-0.15, -0.1) is 0 Å². The molecule has 1 rings (SSSR count). The molecule has 0 spiro atoms. The third kappa shape index (κ3) is 2.64. The van der Waals surface area contributed by atoms with Gasteiger partial charge in [-0.25, -0.2) is 0 Å². The second-order valence-electron chi connectivity index (χ2n) is 3.70. The van der Waals surface area contributed by atoms with Gasteiger partial charge in [0.05, 0.1) is 24.4 Å². The lowest BCUT2D eigenvalue weighted by atomic mass is 10.0. The summed E-state index contributed by atoms with van der Waals surface area (Å²) in [5.74, 6) is 0. The molecule has 0 unspecified atom stereocenters. The van der Waals surface area contributed by atoms with Crippen molar-refractivity contribution in [3.63, 3.8) is 0 Å². The van der Waals surface area contributed by atoms with Crippen molar-refractivity contribution in [2.24, 2.45) is 0 Å². The molecule has 13 heavy (non-hydrogen) atoms. The molecule has 0 amide bonds. The van der Waals surface area contributed by atoms with Gasteiger partial charge < -0.3 is 20.6 Å². The van der Waals surface area contributed by atoms with Gasteiger partial charge in [0, 0.05) is 6.54 Å². The summed E-state index contributed by atoms with van der Waals surface area (Å²) >= 11 is 0. The van der Waals surface area contributed by atoms with Gasteiger partial charge in [0.25, 0.3) is 0 Å². The van der Waals surface area contributed by atoms with E-state index >= 15 is 0 Å². The van der Waals surface area contributed by atoms with Crippen LogP contribution in [0.5, 0.6) is 0 Å². The van der Waals surface area contributed by atoms with E-state index in [-0.39, 0.29) is 6.04 Å². The van der Waals surface area contributed by atoms with Crippen LogP contribution in [-0.2, 0) is 0 Å². The Hall–Kier alpha value is -0.160. The minimum absolute atomic E-state index is 0.360. The van der Waals surface area contributed by atoms with E-state index < -0.39 is 18.3 Å². The van der Waals surface area contributed by atoms with Crippen molar-refractivity contribution in [2.75, 3.05) is 6.54 Å². The van der Waals surface area contributed by atoms with E-state index in [0.29, 0.717) is 13.0 Å². The maximum atomic E-state index is 9.63. The van der Waals surface area contributed by atoms with Gasteiger partial charge in [0.2, 0.25) is 0 Å². The van der Waals surface area contributed by atoms with E-state index in [2.05, 4.69) is 12.2 Å². The van der Waals surface area contributed by atoms with Crippen LogP contribution in [0.4, 0.5) is 0 Å². The quantitative estimate of drug-likeness (QED) is 0.468. The van der Waals surface area contributed by atoms with Crippen molar-refractivity contribution in [1.82, 2.24) is 5.32 Å². The smallest absolute Gasteiger partial charge is 0.0989 e. The molecule has 1 heterocycles. The summed E-state index contributed by atoms with van der Waals surface area (Å²) in [6.07, 6.45) is 0.544. The van der Waals surface area contributed by atoms with Crippen LogP contribution >= 0.6 is 0 Å². The third-order valence-corrected chi connectivity index (χ3v) is 2.59. The Morgan fingerprint density at radius 3 is 2.62 bits per heavy atom. The standard InChI is InChI=1S/C9H19NO3/c1-2-3-4-6(11)8-9(13)7(12)5-10-8/h6-13H,2-5H2,1H3/t6-,7+,8+,9-/m0/s1. The predicted octanol–water partition coefficient (Wildman–Crippen LogP) is -0.769. The molecule has 4 N–H and O–H groups in total. The zero-order chi connectivity index (χ0) is 9.84. The van der Waals surface area contributed by atoms with Gasteiger partial charge in [0.15, 0.2) is 0 Å². The molecule has 0 aromatic carbocycles. The van der Waals surface area contributed by atoms with Crippen molar-refractivity contribution >= 4 is 0 Å². The fraction of sp³-hybridized carbons (Fsp3) is 1.00. The zero-order valence-electron chi connectivity index (χ0n) is 7.98. The fourth-order valence-corrected chi connectivity index (χ4v) is 1.69. The normalized spacial score (nSPS) is 36.5. The number of unbranched alkanes of at least 4 members (excludes halogenated alkanes) is 1. The number of nitrogens with one attached hydrogen (secondary N) is 1. The Balaban J connectivity index is 2.34. The van der Waals surface area contributed by atoms with Gasteiger partial charge in [-0.2, -0.15) is 0 Å². The first kappa shape index (κ1) is 10.9. The van der Waals surface area contributed by atoms with E-state index in [9.17, 15) is 15.3 Å². The minimum Gasteiger partial charge on any atom is -0.391 e. The molecule has 1 saturated heterocycles. The van der Waals surface area contributed by atoms with Crippen LogP contribution in [0.2, 0.25) is 0 Å². The summed E-state index contributed by atoms with van der Waals surface area (Å²) in [4.78, 5) is 0. The topological polar surface area (TPSA) is 72.7 Å². The Kier molecular flexibility index (Phi) is 4.12. The van der Waals surface area contributed by atoms with Crippen LogP contribution in [0.25, 0.3) is 0 Å². The van der Waals surface area contributed by atoms with Gasteiger partial charge in [-0.3, -0.25) is 0 Å². The summed E-state index contributed by atoms with van der Waals surface area (Å²) in [5, 5.41) is 31.2. The second kappa shape index (κ2) is 4.91. The van der Waals surface area contributed by atoms with Crippen LogP contribution in [0.15, 0.2) is 0 Å². The molecular weight excluding hydrogens is 170 g/mol. The Morgan fingerprint density at radius 2 is 2.15 bits per heavy atom. The van der Waals surface area contributed by atoms with Crippen LogP contribution in [0, 0.1) is 0 Å². The van der Waals surface area contributed by atoms with Gasteiger partial charge in [-0.05, 0) is 6.42 Å². The lowest BCUT2D eigenvalue weighted by Gasteiger charge is -2.21. The third-order valence-electron chi connectivity index (χ3n) is 2.59. The van der Waals surface area contributed by atoms with Gasteiger partial charge in [-0.1, -0.05) is 19.8 Å². The van der Waals surface area contributed by atoms with Gasteiger partial charge in [0.1, 0.15) is 0 Å². The summed E-state index contributed by atoms with van der Waals surface area (Å²) in [6, 6.07) is -0.360. The first-order valence-corrected chi connectivity index (χ1v) is 4.94. The molecule has 0 aliphatic carbocycles. The van der Waals surface area contributed by atoms with Crippen LogP contribution in [0.3, 0.4) is 0 Å². The average molecular weight is 189 g/mol. The van der Waals surface area contributed by atoms with Crippen molar-refractivity contribution in [2.45, 2.75) is 50.5 Å². The number of hydrogen-bond acceptors (Lipinski definition) is 4. The molecule has 0 radical (unpaired) electrons. The van der Waals surface area contributed by atoms with E-state index in [1.807, 2.05) is 0 Å². The van der Waals surface area contributed by atoms with Crippen LogP contribution in [0.1, 0.15) is 26.2 Å². The number of β-amino-alcohol motifs (C(OH)–C–C–N with tert-alkyl or cyclic N) is 1. The lowest BCUT2D eigenvalue weighted by Crippen LogP contribution is -2.43. The molecule has 0 aromatic rings. The van der Waals surface area contributed by atoms with E-state index in [4.69, 9.17) is 0 Å². The first-order valence-electron chi connectivity index (χ1n) is 4.94. The Bertz CT molecular complexity index is 154. The van der Waals surface area contributed by atoms with Crippen LogP contribution < -0.4 is 5.32 Å². The molecule has 1 aliphatic rings. The summed E-state index contributed by atoms with van der Waals surface area (Å²) in [7, 11) is 0. The van der Waals surface area contributed by atoms with E-state index in [1.54, 1.807) is 0 Å². The summed E-state index contributed by atoms with van der Waals surface area (Å²) < 4.78 is 0. The van der Waals surface area contributed by atoms with Crippen molar-refractivity contribution < 1.29 is 15.3 Å². The monoisotopic (exact) mass is 189 g/mol. The largest absolute Gasteiger partial charge is 0.391 e. The van der Waals surface area contributed by atoms with E-state index in [1.165, 1.54) is 0 Å². The molecule has 1 aliphatic heterocycles. The molecule has 4 atom stereocenters. The second-order valence-corrected chi connectivity index (χ2v) is 3.70. The molecule has 0 bridgehead atoms. The number of hydrogen-bond donors (Lipinski definition) is 4. The van der Waals surface area contributed by atoms with Gasteiger partial charge >= 0.3 is 0 Å². The molecule has 1 fully saturated rings. The van der Waals surface area contributed by atoms with Crippen molar-refractivity contribution in [3.05, 3.63) is 0 Å². The highest BCUT2D eigenvalue weighted by Gasteiger charge is 2.36. The summed E-state index contributed by atoms with van der Waals surface area (Å²) in [6.45, 7) is 2.43.